The van der Waals surface area contributed by atoms with E-state index in [0.29, 0.717) is 11.8 Å². The Kier molecular flexibility index (Phi) is 6.09. The summed E-state index contributed by atoms with van der Waals surface area (Å²) in [7, 11) is 1.36. The average molecular weight is 267 g/mol. The lowest BCUT2D eigenvalue weighted by atomic mass is 10.1. The molecule has 4 nitrogen and oxygen atoms in total. The predicted octanol–water partition coefficient (Wildman–Crippen LogP) is 3.18. The molecule has 0 saturated carbocycles. The Morgan fingerprint density at radius 1 is 1.21 bits per heavy atom. The summed E-state index contributed by atoms with van der Waals surface area (Å²) in [5.41, 5.74) is 0. The van der Waals surface area contributed by atoms with Crippen molar-refractivity contribution in [3.8, 4) is 0 Å². The van der Waals surface area contributed by atoms with Crippen LogP contribution in [0.25, 0.3) is 0 Å². The number of furan rings is 1. The Labute approximate surface area is 115 Å². The smallest absolute Gasteiger partial charge is 0.373 e. The summed E-state index contributed by atoms with van der Waals surface area (Å²) in [4.78, 5) is 13.7. The topological polar surface area (TPSA) is 42.7 Å². The van der Waals surface area contributed by atoms with Crippen LogP contribution in [0.2, 0.25) is 0 Å². The van der Waals surface area contributed by atoms with Gasteiger partial charge in [-0.15, -0.1) is 0 Å². The van der Waals surface area contributed by atoms with Crippen LogP contribution in [0, 0.1) is 11.8 Å². The quantitative estimate of drug-likeness (QED) is 0.712. The fourth-order valence-corrected chi connectivity index (χ4v) is 2.13. The van der Waals surface area contributed by atoms with Crippen molar-refractivity contribution >= 4 is 5.97 Å². The number of esters is 1. The Hall–Kier alpha value is -1.29. The molecule has 0 aliphatic carbocycles. The third-order valence-corrected chi connectivity index (χ3v) is 2.67. The van der Waals surface area contributed by atoms with Gasteiger partial charge in [0.25, 0.3) is 0 Å². The number of carbonyl (C=O) groups is 1. The van der Waals surface area contributed by atoms with Crippen molar-refractivity contribution in [2.24, 2.45) is 11.8 Å². The van der Waals surface area contributed by atoms with Crippen LogP contribution in [-0.4, -0.2) is 31.1 Å². The first kappa shape index (κ1) is 15.8. The molecule has 0 amide bonds. The Morgan fingerprint density at radius 2 is 1.79 bits per heavy atom. The molecule has 0 saturated heterocycles. The normalized spacial score (nSPS) is 11.6. The van der Waals surface area contributed by atoms with Gasteiger partial charge in [0, 0.05) is 13.1 Å². The number of hydrogen-bond acceptors (Lipinski definition) is 4. The van der Waals surface area contributed by atoms with Crippen LogP contribution in [0.15, 0.2) is 16.5 Å². The first-order chi connectivity index (χ1) is 8.92. The van der Waals surface area contributed by atoms with Crippen molar-refractivity contribution in [3.63, 3.8) is 0 Å². The van der Waals surface area contributed by atoms with Crippen LogP contribution in [0.5, 0.6) is 0 Å². The fourth-order valence-electron chi connectivity index (χ4n) is 2.13. The molecule has 0 fully saturated rings. The maximum Gasteiger partial charge on any atom is 0.373 e. The van der Waals surface area contributed by atoms with E-state index in [1.54, 1.807) is 6.07 Å². The molecule has 0 unspecified atom stereocenters. The highest BCUT2D eigenvalue weighted by Crippen LogP contribution is 2.14. The summed E-state index contributed by atoms with van der Waals surface area (Å²) in [5, 5.41) is 0. The van der Waals surface area contributed by atoms with E-state index in [1.165, 1.54) is 7.11 Å². The molecule has 19 heavy (non-hydrogen) atoms. The number of methoxy groups -OCH3 is 1. The zero-order chi connectivity index (χ0) is 14.4. The standard InChI is InChI=1S/C15H25NO3/c1-11(2)8-16(9-12(3)4)10-13-6-7-14(19-13)15(17)18-5/h6-7,11-12H,8-10H2,1-5H3. The van der Waals surface area contributed by atoms with Crippen molar-refractivity contribution in [1.29, 1.82) is 0 Å². The summed E-state index contributed by atoms with van der Waals surface area (Å²) < 4.78 is 10.2. The number of ether oxygens (including phenoxy) is 1. The molecule has 108 valence electrons. The molecule has 0 spiro atoms. The summed E-state index contributed by atoms with van der Waals surface area (Å²) >= 11 is 0. The van der Waals surface area contributed by atoms with Gasteiger partial charge in [-0.3, -0.25) is 4.90 Å². The van der Waals surface area contributed by atoms with Crippen molar-refractivity contribution < 1.29 is 13.9 Å². The largest absolute Gasteiger partial charge is 0.463 e. The summed E-state index contributed by atoms with van der Waals surface area (Å²) in [6, 6.07) is 3.52. The van der Waals surface area contributed by atoms with Gasteiger partial charge < -0.3 is 9.15 Å². The third kappa shape index (κ3) is 5.47. The van der Waals surface area contributed by atoms with E-state index in [1.807, 2.05) is 6.07 Å². The molecule has 0 aromatic carbocycles. The summed E-state index contributed by atoms with van der Waals surface area (Å²) in [6.45, 7) is 11.6. The Bertz CT molecular complexity index is 386. The molecular weight excluding hydrogens is 242 g/mol. The van der Waals surface area contributed by atoms with Crippen LogP contribution in [0.3, 0.4) is 0 Å². The van der Waals surface area contributed by atoms with Gasteiger partial charge in [0.1, 0.15) is 5.76 Å². The lowest BCUT2D eigenvalue weighted by Gasteiger charge is -2.25. The van der Waals surface area contributed by atoms with Gasteiger partial charge in [0.05, 0.1) is 13.7 Å². The van der Waals surface area contributed by atoms with E-state index < -0.39 is 5.97 Å². The van der Waals surface area contributed by atoms with Crippen molar-refractivity contribution in [2.45, 2.75) is 34.2 Å². The second-order valence-electron chi connectivity index (χ2n) is 5.74. The molecule has 0 aliphatic rings. The third-order valence-electron chi connectivity index (χ3n) is 2.67. The average Bonchev–Trinajstić information content (AvgIpc) is 2.74. The van der Waals surface area contributed by atoms with Gasteiger partial charge in [-0.1, -0.05) is 27.7 Å². The number of hydrogen-bond donors (Lipinski definition) is 0. The maximum absolute atomic E-state index is 11.3. The first-order valence-corrected chi connectivity index (χ1v) is 6.81. The van der Waals surface area contributed by atoms with E-state index in [4.69, 9.17) is 4.42 Å². The van der Waals surface area contributed by atoms with Crippen molar-refractivity contribution in [2.75, 3.05) is 20.2 Å². The van der Waals surface area contributed by atoms with Gasteiger partial charge in [0.15, 0.2) is 0 Å². The minimum atomic E-state index is -0.425. The van der Waals surface area contributed by atoms with Crippen LogP contribution in [0.4, 0.5) is 0 Å². The molecule has 4 heteroatoms. The van der Waals surface area contributed by atoms with Gasteiger partial charge in [0.2, 0.25) is 5.76 Å². The second-order valence-corrected chi connectivity index (χ2v) is 5.74. The molecule has 0 bridgehead atoms. The van der Waals surface area contributed by atoms with E-state index in [-0.39, 0.29) is 5.76 Å². The molecule has 0 aliphatic heterocycles. The van der Waals surface area contributed by atoms with Crippen LogP contribution >= 0.6 is 0 Å². The lowest BCUT2D eigenvalue weighted by molar-refractivity contribution is 0.0560. The van der Waals surface area contributed by atoms with Gasteiger partial charge in [-0.25, -0.2) is 4.79 Å². The van der Waals surface area contributed by atoms with Crippen LogP contribution in [0.1, 0.15) is 44.0 Å². The summed E-state index contributed by atoms with van der Waals surface area (Å²) in [5.74, 6) is 1.86. The van der Waals surface area contributed by atoms with E-state index >= 15 is 0 Å². The Morgan fingerprint density at radius 3 is 2.26 bits per heavy atom. The highest BCUT2D eigenvalue weighted by molar-refractivity contribution is 5.86. The van der Waals surface area contributed by atoms with E-state index in [0.717, 1.165) is 25.4 Å². The second kappa shape index (κ2) is 7.34. The SMILES string of the molecule is COC(=O)c1ccc(CN(CC(C)C)CC(C)C)o1. The molecule has 0 radical (unpaired) electrons. The minimum Gasteiger partial charge on any atom is -0.463 e. The van der Waals surface area contributed by atoms with Crippen molar-refractivity contribution in [3.05, 3.63) is 23.7 Å². The molecule has 1 aromatic rings. The summed E-state index contributed by atoms with van der Waals surface area (Å²) in [6.07, 6.45) is 0. The van der Waals surface area contributed by atoms with Gasteiger partial charge in [-0.2, -0.15) is 0 Å². The maximum atomic E-state index is 11.3. The molecule has 0 atom stereocenters. The highest BCUT2D eigenvalue weighted by atomic mass is 16.5. The minimum absolute atomic E-state index is 0.270. The number of carbonyl (C=O) groups excluding carboxylic acids is 1. The van der Waals surface area contributed by atoms with Crippen LogP contribution in [-0.2, 0) is 11.3 Å². The molecule has 0 N–H and O–H groups in total. The number of nitrogens with zero attached hydrogens (tertiary/aromatic N) is 1. The van der Waals surface area contributed by atoms with E-state index in [9.17, 15) is 4.79 Å². The predicted molar refractivity (Wildman–Crippen MR) is 75.0 cm³/mol. The zero-order valence-corrected chi connectivity index (χ0v) is 12.6. The van der Waals surface area contributed by atoms with Crippen LogP contribution < -0.4 is 0 Å². The molecular formula is C15H25NO3. The monoisotopic (exact) mass is 267 g/mol. The zero-order valence-electron chi connectivity index (χ0n) is 12.6. The first-order valence-electron chi connectivity index (χ1n) is 6.81. The Balaban J connectivity index is 2.67. The van der Waals surface area contributed by atoms with E-state index in [2.05, 4.69) is 37.3 Å². The highest BCUT2D eigenvalue weighted by Gasteiger charge is 2.15. The molecule has 1 aromatic heterocycles. The number of rotatable bonds is 7. The van der Waals surface area contributed by atoms with Gasteiger partial charge >= 0.3 is 5.97 Å². The molecule has 1 heterocycles. The molecule has 1 rings (SSSR count). The fraction of sp³-hybridized carbons (Fsp3) is 0.667. The van der Waals surface area contributed by atoms with Crippen molar-refractivity contribution in [1.82, 2.24) is 4.90 Å². The van der Waals surface area contributed by atoms with Gasteiger partial charge in [-0.05, 0) is 24.0 Å². The lowest BCUT2D eigenvalue weighted by Crippen LogP contribution is -2.30.